The van der Waals surface area contributed by atoms with Gasteiger partial charge in [-0.25, -0.2) is 9.13 Å². The molecule has 0 aromatic rings. The molecule has 0 fully saturated rings. The zero-order chi connectivity index (χ0) is 74.6. The van der Waals surface area contributed by atoms with E-state index in [9.17, 15) is 43.2 Å². The number of aliphatic hydroxyl groups is 1. The summed E-state index contributed by atoms with van der Waals surface area (Å²) in [6, 6.07) is 0. The number of unbranched alkanes of at least 4 members (excludes halogenated alkanes) is 28. The molecule has 17 nitrogen and oxygen atoms in total. The molecule has 0 bridgehead atoms. The summed E-state index contributed by atoms with van der Waals surface area (Å²) in [5.74, 6) is -2.31. The summed E-state index contributed by atoms with van der Waals surface area (Å²) in [5.41, 5.74) is 0. The molecular weight excluding hydrogens is 1330 g/mol. The third kappa shape index (κ3) is 73.8. The van der Waals surface area contributed by atoms with E-state index in [0.29, 0.717) is 32.1 Å². The maximum atomic E-state index is 13.1. The molecule has 0 radical (unpaired) electrons. The lowest BCUT2D eigenvalue weighted by molar-refractivity contribution is -0.161. The summed E-state index contributed by atoms with van der Waals surface area (Å²) in [5, 5.41) is 10.6. The Morgan fingerprint density at radius 2 is 0.500 bits per heavy atom. The Balaban J connectivity index is 5.44. The van der Waals surface area contributed by atoms with Gasteiger partial charge in [-0.15, -0.1) is 0 Å². The van der Waals surface area contributed by atoms with Crippen molar-refractivity contribution in [2.75, 3.05) is 39.6 Å². The first kappa shape index (κ1) is 97.5. The van der Waals surface area contributed by atoms with E-state index in [1.54, 1.807) is 0 Å². The van der Waals surface area contributed by atoms with Gasteiger partial charge < -0.3 is 33.8 Å². The average Bonchev–Trinajstić information content (AvgIpc) is 0.920. The van der Waals surface area contributed by atoms with Gasteiger partial charge in [0.1, 0.15) is 19.3 Å². The molecule has 3 N–H and O–H groups in total. The summed E-state index contributed by atoms with van der Waals surface area (Å²) in [6.45, 7) is 4.67. The highest BCUT2D eigenvalue weighted by molar-refractivity contribution is 7.47. The predicted molar refractivity (Wildman–Crippen MR) is 418 cm³/mol. The highest BCUT2D eigenvalue weighted by atomic mass is 31.2. The van der Waals surface area contributed by atoms with Gasteiger partial charge in [0.2, 0.25) is 0 Å². The standard InChI is InChI=1S/C83H142O17P2/c1-5-9-13-17-21-25-29-33-36-37-38-39-42-44-48-52-56-60-64-68-81(86)94-74-79(100-83(88)70-66-62-58-54-50-46-41-35-31-27-23-19-15-11-7-3)76-98-102(91,92)96-72-77(84)71-95-101(89,90)97-75-78(73-93-80(85)67-63-59-55-51-47-43-32-28-24-20-16-12-8-4)99-82(87)69-65-61-57-53-49-45-40-34-30-26-22-18-14-10-6-2/h21-23,25-28,32-36,38-41,44,48,56,60,77-79,84H,5-20,24,29-31,37,42-43,45-47,49-55,57-59,61-76H2,1-4H3,(H,89,90)(H,91,92)/b25-21-,26-22-,27-23-,32-28-,36-33-,39-38-,40-34-,41-35-,48-44-,60-56-/t77-,78+,79+/m0/s1. The Morgan fingerprint density at radius 3 is 0.824 bits per heavy atom. The number of hydrogen-bond acceptors (Lipinski definition) is 15. The van der Waals surface area contributed by atoms with Gasteiger partial charge in [-0.05, 0) is 154 Å². The van der Waals surface area contributed by atoms with Crippen LogP contribution in [0.4, 0.5) is 0 Å². The fraction of sp³-hybridized carbons (Fsp3) is 0.711. The number of allylic oxidation sites excluding steroid dienone is 20. The van der Waals surface area contributed by atoms with Crippen LogP contribution in [0.25, 0.3) is 0 Å². The van der Waals surface area contributed by atoms with Crippen molar-refractivity contribution in [3.8, 4) is 0 Å². The summed E-state index contributed by atoms with van der Waals surface area (Å²) in [7, 11) is -9.99. The van der Waals surface area contributed by atoms with Gasteiger partial charge in [0.25, 0.3) is 0 Å². The van der Waals surface area contributed by atoms with E-state index in [0.717, 1.165) is 154 Å². The summed E-state index contributed by atoms with van der Waals surface area (Å²) in [6.07, 6.45) is 81.9. The molecule has 0 spiro atoms. The van der Waals surface area contributed by atoms with E-state index in [4.69, 9.17) is 37.0 Å². The van der Waals surface area contributed by atoms with Crippen LogP contribution in [0.15, 0.2) is 122 Å². The second kappa shape index (κ2) is 74.7. The normalized spacial score (nSPS) is 14.5. The molecule has 2 unspecified atom stereocenters. The first-order chi connectivity index (χ1) is 49.7. The lowest BCUT2D eigenvalue weighted by Crippen LogP contribution is -2.30. The van der Waals surface area contributed by atoms with Crippen LogP contribution in [0.2, 0.25) is 0 Å². The van der Waals surface area contributed by atoms with Crippen LogP contribution in [-0.2, 0) is 65.4 Å². The van der Waals surface area contributed by atoms with Crippen molar-refractivity contribution in [1.29, 1.82) is 0 Å². The number of ether oxygens (including phenoxy) is 4. The molecular formula is C83H142O17P2. The largest absolute Gasteiger partial charge is 0.472 e. The molecule has 102 heavy (non-hydrogen) atoms. The van der Waals surface area contributed by atoms with Crippen LogP contribution in [-0.4, -0.2) is 96.7 Å². The van der Waals surface area contributed by atoms with E-state index >= 15 is 0 Å². The number of carbonyl (C=O) groups excluding carboxylic acids is 4. The maximum absolute atomic E-state index is 13.1. The molecule has 586 valence electrons. The molecule has 0 aliphatic carbocycles. The van der Waals surface area contributed by atoms with Crippen molar-refractivity contribution in [2.45, 2.75) is 341 Å². The SMILES string of the molecule is CCCCC/C=C\C/C=C\C/C=C\C/C=C\C/C=C\CCC(=O)OC[C@H](COP(=O)(O)OC[C@@H](O)COP(=O)(O)OC[C@@H](COC(=O)CCCCCCC/C=C\CCCCCC)OC(=O)CCCCCCC/C=C\C/C=C\CCCCC)OC(=O)CCCCCCC/C=C\C/C=C\CCCCC. The second-order valence-electron chi connectivity index (χ2n) is 26.3. The summed E-state index contributed by atoms with van der Waals surface area (Å²) >= 11 is 0. The third-order valence-electron chi connectivity index (χ3n) is 16.4. The van der Waals surface area contributed by atoms with Gasteiger partial charge >= 0.3 is 39.5 Å². The number of esters is 4. The number of rotatable bonds is 74. The monoisotopic (exact) mass is 1470 g/mol. The number of carbonyl (C=O) groups is 4. The molecule has 0 aliphatic heterocycles. The summed E-state index contributed by atoms with van der Waals surface area (Å²) < 4.78 is 68.5. The van der Waals surface area contributed by atoms with Crippen molar-refractivity contribution in [1.82, 2.24) is 0 Å². The maximum Gasteiger partial charge on any atom is 0.472 e. The minimum absolute atomic E-state index is 0.0327. The van der Waals surface area contributed by atoms with Crippen molar-refractivity contribution in [2.24, 2.45) is 0 Å². The van der Waals surface area contributed by atoms with Crippen molar-refractivity contribution >= 4 is 39.5 Å². The van der Waals surface area contributed by atoms with Gasteiger partial charge in [-0.1, -0.05) is 265 Å². The van der Waals surface area contributed by atoms with Gasteiger partial charge in [-0.2, -0.15) is 0 Å². The number of aliphatic hydroxyl groups excluding tert-OH is 1. The lowest BCUT2D eigenvalue weighted by atomic mass is 10.1. The van der Waals surface area contributed by atoms with Gasteiger partial charge in [0.15, 0.2) is 12.2 Å². The summed E-state index contributed by atoms with van der Waals surface area (Å²) in [4.78, 5) is 72.9. The van der Waals surface area contributed by atoms with Crippen LogP contribution >= 0.6 is 15.6 Å². The van der Waals surface area contributed by atoms with Gasteiger partial charge in [0.05, 0.1) is 26.4 Å². The quantitative estimate of drug-likeness (QED) is 0.0169. The fourth-order valence-corrected chi connectivity index (χ4v) is 11.8. The van der Waals surface area contributed by atoms with E-state index in [-0.39, 0.29) is 25.7 Å². The molecule has 0 amide bonds. The van der Waals surface area contributed by atoms with Crippen LogP contribution in [0.3, 0.4) is 0 Å². The highest BCUT2D eigenvalue weighted by Gasteiger charge is 2.30. The number of phosphoric acid groups is 2. The molecule has 0 saturated carbocycles. The van der Waals surface area contributed by atoms with Crippen molar-refractivity contribution < 1.29 is 80.2 Å². The van der Waals surface area contributed by atoms with E-state index < -0.39 is 97.5 Å². The molecule has 0 aromatic carbocycles. The smallest absolute Gasteiger partial charge is 0.462 e. The molecule has 5 atom stereocenters. The van der Waals surface area contributed by atoms with E-state index in [2.05, 4.69) is 137 Å². The molecule has 0 aromatic heterocycles. The Labute approximate surface area is 619 Å². The van der Waals surface area contributed by atoms with Gasteiger partial charge in [-0.3, -0.25) is 37.3 Å². The zero-order valence-corrected chi connectivity index (χ0v) is 65.8. The Kier molecular flexibility index (Phi) is 71.4. The van der Waals surface area contributed by atoms with Gasteiger partial charge in [0, 0.05) is 25.7 Å². The van der Waals surface area contributed by atoms with E-state index in [1.165, 1.54) is 83.5 Å². The molecule has 0 rings (SSSR count). The van der Waals surface area contributed by atoms with Crippen molar-refractivity contribution in [3.05, 3.63) is 122 Å². The van der Waals surface area contributed by atoms with Crippen molar-refractivity contribution in [3.63, 3.8) is 0 Å². The van der Waals surface area contributed by atoms with Crippen LogP contribution in [0, 0.1) is 0 Å². The first-order valence-electron chi connectivity index (χ1n) is 39.8. The predicted octanol–water partition coefficient (Wildman–Crippen LogP) is 23.1. The number of hydrogen-bond donors (Lipinski definition) is 3. The topological polar surface area (TPSA) is 237 Å². The minimum atomic E-state index is -5.00. The Morgan fingerprint density at radius 1 is 0.275 bits per heavy atom. The average molecular weight is 1470 g/mol. The molecule has 0 saturated heterocycles. The molecule has 0 heterocycles. The highest BCUT2D eigenvalue weighted by Crippen LogP contribution is 2.45. The second-order valence-corrected chi connectivity index (χ2v) is 29.2. The number of phosphoric ester groups is 2. The van der Waals surface area contributed by atoms with Crippen LogP contribution < -0.4 is 0 Å². The van der Waals surface area contributed by atoms with Crippen LogP contribution in [0.5, 0.6) is 0 Å². The Hall–Kier alpha value is -4.54. The third-order valence-corrected chi connectivity index (χ3v) is 18.3. The lowest BCUT2D eigenvalue weighted by Gasteiger charge is -2.21. The zero-order valence-electron chi connectivity index (χ0n) is 64.0. The molecule has 0 aliphatic rings. The fourth-order valence-electron chi connectivity index (χ4n) is 10.3. The first-order valence-corrected chi connectivity index (χ1v) is 42.8. The van der Waals surface area contributed by atoms with E-state index in [1.807, 2.05) is 12.2 Å². The molecule has 19 heteroatoms. The Bertz CT molecular complexity index is 2410. The minimum Gasteiger partial charge on any atom is -0.462 e. The van der Waals surface area contributed by atoms with Crippen LogP contribution in [0.1, 0.15) is 323 Å².